The van der Waals surface area contributed by atoms with Gasteiger partial charge in [0, 0.05) is 32.3 Å². The molecule has 2 unspecified atom stereocenters. The minimum absolute atomic E-state index is 0.198. The SMILES string of the molecule is COCCCN(C)C1(CN)CCC(C)(C)CC1C. The van der Waals surface area contributed by atoms with E-state index >= 15 is 0 Å². The first-order chi connectivity index (χ1) is 8.38. The van der Waals surface area contributed by atoms with Gasteiger partial charge in [0.25, 0.3) is 0 Å². The van der Waals surface area contributed by atoms with Gasteiger partial charge >= 0.3 is 0 Å². The zero-order chi connectivity index (χ0) is 13.8. The number of hydrogen-bond donors (Lipinski definition) is 1. The van der Waals surface area contributed by atoms with Gasteiger partial charge in [0.15, 0.2) is 0 Å². The molecule has 0 spiro atoms. The van der Waals surface area contributed by atoms with Crippen molar-refractivity contribution >= 4 is 0 Å². The van der Waals surface area contributed by atoms with Crippen molar-refractivity contribution in [1.82, 2.24) is 4.90 Å². The van der Waals surface area contributed by atoms with Gasteiger partial charge in [0.05, 0.1) is 0 Å². The molecule has 0 saturated heterocycles. The van der Waals surface area contributed by atoms with Gasteiger partial charge in [-0.3, -0.25) is 4.90 Å². The summed E-state index contributed by atoms with van der Waals surface area (Å²) in [5.41, 5.74) is 6.82. The van der Waals surface area contributed by atoms with Crippen molar-refractivity contribution in [2.24, 2.45) is 17.1 Å². The molecule has 0 radical (unpaired) electrons. The molecule has 3 nitrogen and oxygen atoms in total. The first-order valence-electron chi connectivity index (χ1n) is 7.28. The van der Waals surface area contributed by atoms with Gasteiger partial charge in [-0.1, -0.05) is 20.8 Å². The quantitative estimate of drug-likeness (QED) is 0.742. The fraction of sp³-hybridized carbons (Fsp3) is 1.00. The summed E-state index contributed by atoms with van der Waals surface area (Å²) < 4.78 is 5.15. The van der Waals surface area contributed by atoms with E-state index in [0.29, 0.717) is 11.3 Å². The summed E-state index contributed by atoms with van der Waals surface area (Å²) in [6.07, 6.45) is 4.87. The van der Waals surface area contributed by atoms with Crippen LogP contribution in [0, 0.1) is 11.3 Å². The molecule has 2 N–H and O–H groups in total. The highest BCUT2D eigenvalue weighted by Crippen LogP contribution is 2.45. The summed E-state index contributed by atoms with van der Waals surface area (Å²) in [5.74, 6) is 0.666. The molecular formula is C15H32N2O. The van der Waals surface area contributed by atoms with Crippen LogP contribution in [0.3, 0.4) is 0 Å². The van der Waals surface area contributed by atoms with E-state index in [2.05, 4.69) is 32.7 Å². The first kappa shape index (κ1) is 15.9. The molecule has 0 bridgehead atoms. The van der Waals surface area contributed by atoms with Crippen LogP contribution >= 0.6 is 0 Å². The van der Waals surface area contributed by atoms with E-state index in [-0.39, 0.29) is 5.54 Å². The van der Waals surface area contributed by atoms with Gasteiger partial charge in [-0.15, -0.1) is 0 Å². The maximum absolute atomic E-state index is 6.15. The Kier molecular flexibility index (Phi) is 5.63. The van der Waals surface area contributed by atoms with E-state index in [4.69, 9.17) is 10.5 Å². The fourth-order valence-electron chi connectivity index (χ4n) is 3.62. The van der Waals surface area contributed by atoms with Crippen LogP contribution in [0.2, 0.25) is 0 Å². The molecule has 0 heterocycles. The number of likely N-dealkylation sites (N-methyl/N-ethyl adjacent to an activating group) is 1. The van der Waals surface area contributed by atoms with E-state index in [0.717, 1.165) is 26.1 Å². The second kappa shape index (κ2) is 6.36. The Balaban J connectivity index is 2.67. The van der Waals surface area contributed by atoms with Crippen molar-refractivity contribution in [3.63, 3.8) is 0 Å². The monoisotopic (exact) mass is 256 g/mol. The van der Waals surface area contributed by atoms with E-state index in [1.54, 1.807) is 7.11 Å². The Morgan fingerprint density at radius 2 is 2.00 bits per heavy atom. The summed E-state index contributed by atoms with van der Waals surface area (Å²) in [4.78, 5) is 2.49. The van der Waals surface area contributed by atoms with Gasteiger partial charge in [-0.25, -0.2) is 0 Å². The maximum Gasteiger partial charge on any atom is 0.0474 e. The molecule has 0 aromatic carbocycles. The molecule has 0 aromatic heterocycles. The van der Waals surface area contributed by atoms with Crippen molar-refractivity contribution < 1.29 is 4.74 Å². The molecule has 1 saturated carbocycles. The molecule has 0 amide bonds. The van der Waals surface area contributed by atoms with Crippen LogP contribution < -0.4 is 5.73 Å². The lowest BCUT2D eigenvalue weighted by molar-refractivity contribution is -0.0103. The van der Waals surface area contributed by atoms with Crippen molar-refractivity contribution in [2.75, 3.05) is 33.9 Å². The molecule has 0 aliphatic heterocycles. The van der Waals surface area contributed by atoms with Crippen molar-refractivity contribution in [1.29, 1.82) is 0 Å². The van der Waals surface area contributed by atoms with Crippen molar-refractivity contribution in [3.05, 3.63) is 0 Å². The van der Waals surface area contributed by atoms with Gasteiger partial charge in [0.2, 0.25) is 0 Å². The van der Waals surface area contributed by atoms with Crippen LogP contribution in [0.15, 0.2) is 0 Å². The smallest absolute Gasteiger partial charge is 0.0474 e. The maximum atomic E-state index is 6.15. The molecular weight excluding hydrogens is 224 g/mol. The highest BCUT2D eigenvalue weighted by atomic mass is 16.5. The molecule has 108 valence electrons. The van der Waals surface area contributed by atoms with E-state index in [1.165, 1.54) is 19.3 Å². The van der Waals surface area contributed by atoms with Crippen LogP contribution in [0.4, 0.5) is 0 Å². The third-order valence-electron chi connectivity index (χ3n) is 4.97. The lowest BCUT2D eigenvalue weighted by Crippen LogP contribution is -2.59. The summed E-state index contributed by atoms with van der Waals surface area (Å²) in [6, 6.07) is 0. The Hall–Kier alpha value is -0.120. The molecule has 1 aliphatic rings. The zero-order valence-corrected chi connectivity index (χ0v) is 13.0. The normalized spacial score (nSPS) is 31.8. The molecule has 1 aliphatic carbocycles. The predicted molar refractivity (Wildman–Crippen MR) is 77.7 cm³/mol. The number of ether oxygens (including phenoxy) is 1. The third kappa shape index (κ3) is 3.46. The number of rotatable bonds is 6. The van der Waals surface area contributed by atoms with Gasteiger partial charge in [0.1, 0.15) is 0 Å². The topological polar surface area (TPSA) is 38.5 Å². The highest BCUT2D eigenvalue weighted by molar-refractivity contribution is 5.01. The average Bonchev–Trinajstić information content (AvgIpc) is 2.29. The minimum Gasteiger partial charge on any atom is -0.385 e. The summed E-state index contributed by atoms with van der Waals surface area (Å²) in [6.45, 7) is 9.83. The molecule has 2 atom stereocenters. The van der Waals surface area contributed by atoms with Crippen LogP contribution in [0.1, 0.15) is 46.5 Å². The Morgan fingerprint density at radius 3 is 2.50 bits per heavy atom. The van der Waals surface area contributed by atoms with E-state index in [9.17, 15) is 0 Å². The van der Waals surface area contributed by atoms with Gasteiger partial charge in [-0.05, 0) is 44.1 Å². The zero-order valence-electron chi connectivity index (χ0n) is 13.0. The van der Waals surface area contributed by atoms with E-state index in [1.807, 2.05) is 0 Å². The number of nitrogens with zero attached hydrogens (tertiary/aromatic N) is 1. The number of hydrogen-bond acceptors (Lipinski definition) is 3. The Morgan fingerprint density at radius 1 is 1.33 bits per heavy atom. The Bertz CT molecular complexity index is 255. The Labute approximate surface area is 113 Å². The average molecular weight is 256 g/mol. The molecule has 1 rings (SSSR count). The van der Waals surface area contributed by atoms with Crippen LogP contribution in [0.5, 0.6) is 0 Å². The molecule has 3 heteroatoms. The van der Waals surface area contributed by atoms with Crippen LogP contribution in [-0.4, -0.2) is 44.3 Å². The molecule has 18 heavy (non-hydrogen) atoms. The van der Waals surface area contributed by atoms with Crippen LogP contribution in [0.25, 0.3) is 0 Å². The van der Waals surface area contributed by atoms with Crippen molar-refractivity contribution in [2.45, 2.75) is 52.0 Å². The predicted octanol–water partition coefficient (Wildman–Crippen LogP) is 2.50. The minimum atomic E-state index is 0.198. The fourth-order valence-corrected chi connectivity index (χ4v) is 3.62. The lowest BCUT2D eigenvalue weighted by Gasteiger charge is -2.52. The number of methoxy groups -OCH3 is 1. The second-order valence-electron chi connectivity index (χ2n) is 6.84. The van der Waals surface area contributed by atoms with Gasteiger partial charge < -0.3 is 10.5 Å². The molecule has 1 fully saturated rings. The second-order valence-corrected chi connectivity index (χ2v) is 6.84. The highest BCUT2D eigenvalue weighted by Gasteiger charge is 2.45. The lowest BCUT2D eigenvalue weighted by atomic mass is 9.63. The van der Waals surface area contributed by atoms with Crippen LogP contribution in [-0.2, 0) is 4.74 Å². The largest absolute Gasteiger partial charge is 0.385 e. The number of nitrogens with two attached hydrogens (primary N) is 1. The summed E-state index contributed by atoms with van der Waals surface area (Å²) in [7, 11) is 4.00. The molecule has 0 aromatic rings. The standard InChI is InChI=1S/C15H32N2O/c1-13-11-14(2,3)7-8-15(13,12-16)17(4)9-6-10-18-5/h13H,6-12,16H2,1-5H3. The van der Waals surface area contributed by atoms with Crippen molar-refractivity contribution in [3.8, 4) is 0 Å². The first-order valence-corrected chi connectivity index (χ1v) is 7.28. The summed E-state index contributed by atoms with van der Waals surface area (Å²) >= 11 is 0. The van der Waals surface area contributed by atoms with Gasteiger partial charge in [-0.2, -0.15) is 0 Å². The summed E-state index contributed by atoms with van der Waals surface area (Å²) in [5, 5.41) is 0. The third-order valence-corrected chi connectivity index (χ3v) is 4.97. The van der Waals surface area contributed by atoms with E-state index < -0.39 is 0 Å².